The number of fused-ring (bicyclic) bond motifs is 2. The van der Waals surface area contributed by atoms with E-state index in [1.54, 1.807) is 13.2 Å². The van der Waals surface area contributed by atoms with Gasteiger partial charge < -0.3 is 15.4 Å². The lowest BCUT2D eigenvalue weighted by molar-refractivity contribution is -0.135. The number of nitrogens with zero attached hydrogens (tertiary/aromatic N) is 1. The Morgan fingerprint density at radius 2 is 1.94 bits per heavy atom. The molecule has 0 unspecified atom stereocenters. The van der Waals surface area contributed by atoms with Crippen LogP contribution in [0.25, 0.3) is 0 Å². The van der Waals surface area contributed by atoms with E-state index < -0.39 is 11.6 Å². The first-order chi connectivity index (χ1) is 15.3. The van der Waals surface area contributed by atoms with Gasteiger partial charge in [-0.15, -0.1) is 0 Å². The fourth-order valence-corrected chi connectivity index (χ4v) is 4.70. The molecule has 4 amide bonds. The Morgan fingerprint density at radius 1 is 1.19 bits per heavy atom. The molecule has 7 nitrogen and oxygen atoms in total. The van der Waals surface area contributed by atoms with Gasteiger partial charge in [0.15, 0.2) is 0 Å². The molecule has 7 heteroatoms. The van der Waals surface area contributed by atoms with E-state index in [0.717, 1.165) is 28.0 Å². The summed E-state index contributed by atoms with van der Waals surface area (Å²) in [5, 5.41) is 5.88. The minimum atomic E-state index is -1.13. The number of carbonyl (C=O) groups excluding carboxylic acids is 3. The molecule has 1 fully saturated rings. The van der Waals surface area contributed by atoms with Crippen molar-refractivity contribution in [1.82, 2.24) is 15.5 Å². The quantitative estimate of drug-likeness (QED) is 0.654. The molecule has 0 aromatic heterocycles. The molecular weight excluding hydrogens is 406 g/mol. The van der Waals surface area contributed by atoms with Crippen molar-refractivity contribution in [3.63, 3.8) is 0 Å². The van der Waals surface area contributed by atoms with Gasteiger partial charge in [-0.25, -0.2) is 4.79 Å². The first-order valence-electron chi connectivity index (χ1n) is 11.0. The number of hydrogen-bond acceptors (Lipinski definition) is 4. The minimum absolute atomic E-state index is 0.185. The SMILES string of the molecule is COc1ccc2c(c1)[C@@]1(CC2)NC(=O)N(CC(=O)N[C@@H](CC(C)C)c2ccccc2)C1=O. The van der Waals surface area contributed by atoms with Crippen LogP contribution in [0.15, 0.2) is 48.5 Å². The molecule has 1 aliphatic carbocycles. The van der Waals surface area contributed by atoms with Crippen LogP contribution in [-0.2, 0) is 21.5 Å². The normalized spacial score (nSPS) is 20.4. The molecule has 1 spiro atoms. The van der Waals surface area contributed by atoms with Crippen molar-refractivity contribution in [1.29, 1.82) is 0 Å². The number of benzene rings is 2. The second kappa shape index (κ2) is 8.65. The fourth-order valence-electron chi connectivity index (χ4n) is 4.70. The summed E-state index contributed by atoms with van der Waals surface area (Å²) in [6.45, 7) is 3.87. The van der Waals surface area contributed by atoms with Crippen LogP contribution in [0.1, 0.15) is 49.4 Å². The van der Waals surface area contributed by atoms with Gasteiger partial charge in [0.1, 0.15) is 17.8 Å². The number of aryl methyl sites for hydroxylation is 1. The van der Waals surface area contributed by atoms with Gasteiger partial charge in [-0.3, -0.25) is 14.5 Å². The van der Waals surface area contributed by atoms with Crippen molar-refractivity contribution in [2.75, 3.05) is 13.7 Å². The summed E-state index contributed by atoms with van der Waals surface area (Å²) >= 11 is 0. The van der Waals surface area contributed by atoms with E-state index >= 15 is 0 Å². The number of ether oxygens (including phenoxy) is 1. The van der Waals surface area contributed by atoms with E-state index in [4.69, 9.17) is 4.74 Å². The molecule has 2 aliphatic rings. The summed E-state index contributed by atoms with van der Waals surface area (Å²) in [7, 11) is 1.56. The second-order valence-electron chi connectivity index (χ2n) is 8.91. The molecule has 2 atom stereocenters. The highest BCUT2D eigenvalue weighted by Gasteiger charge is 2.55. The highest BCUT2D eigenvalue weighted by atomic mass is 16.5. The number of urea groups is 1. The lowest BCUT2D eigenvalue weighted by Gasteiger charge is -2.24. The highest BCUT2D eigenvalue weighted by Crippen LogP contribution is 2.42. The molecule has 2 aromatic carbocycles. The number of hydrogen-bond donors (Lipinski definition) is 2. The average molecular weight is 436 g/mol. The van der Waals surface area contributed by atoms with Crippen LogP contribution in [0.5, 0.6) is 5.75 Å². The van der Waals surface area contributed by atoms with E-state index in [1.807, 2.05) is 42.5 Å². The van der Waals surface area contributed by atoms with E-state index in [1.165, 1.54) is 0 Å². The summed E-state index contributed by atoms with van der Waals surface area (Å²) in [4.78, 5) is 40.1. The van der Waals surface area contributed by atoms with Gasteiger partial charge in [-0.2, -0.15) is 0 Å². The van der Waals surface area contributed by atoms with Crippen molar-refractivity contribution in [2.24, 2.45) is 5.92 Å². The largest absolute Gasteiger partial charge is 0.497 e. The monoisotopic (exact) mass is 435 g/mol. The summed E-state index contributed by atoms with van der Waals surface area (Å²) < 4.78 is 5.31. The van der Waals surface area contributed by atoms with Gasteiger partial charge in [0.25, 0.3) is 5.91 Å². The van der Waals surface area contributed by atoms with E-state index in [-0.39, 0.29) is 24.4 Å². The van der Waals surface area contributed by atoms with Gasteiger partial charge in [0, 0.05) is 0 Å². The van der Waals surface area contributed by atoms with E-state index in [9.17, 15) is 14.4 Å². The summed E-state index contributed by atoms with van der Waals surface area (Å²) in [5.41, 5.74) is 1.63. The Hall–Kier alpha value is -3.35. The van der Waals surface area contributed by atoms with Crippen molar-refractivity contribution >= 4 is 17.8 Å². The third kappa shape index (κ3) is 3.95. The molecular formula is C25H29N3O4. The van der Waals surface area contributed by atoms with Gasteiger partial charge in [0.05, 0.1) is 13.2 Å². The second-order valence-corrected chi connectivity index (χ2v) is 8.91. The Morgan fingerprint density at radius 3 is 2.62 bits per heavy atom. The Balaban J connectivity index is 1.51. The number of rotatable bonds is 7. The lowest BCUT2D eigenvalue weighted by Crippen LogP contribution is -2.44. The molecule has 1 heterocycles. The summed E-state index contributed by atoms with van der Waals surface area (Å²) in [6.07, 6.45) is 1.90. The molecule has 0 bridgehead atoms. The Bertz CT molecular complexity index is 1040. The van der Waals surface area contributed by atoms with Crippen LogP contribution in [0, 0.1) is 5.92 Å². The summed E-state index contributed by atoms with van der Waals surface area (Å²) in [6, 6.07) is 14.6. The van der Waals surface area contributed by atoms with Crippen molar-refractivity contribution in [2.45, 2.75) is 44.7 Å². The Kier molecular flexibility index (Phi) is 5.91. The molecule has 1 aliphatic heterocycles. The Labute approximate surface area is 188 Å². The van der Waals surface area contributed by atoms with E-state index in [2.05, 4.69) is 24.5 Å². The molecule has 2 N–H and O–H groups in total. The smallest absolute Gasteiger partial charge is 0.325 e. The van der Waals surface area contributed by atoms with Gasteiger partial charge in [-0.1, -0.05) is 50.2 Å². The number of amides is 4. The predicted molar refractivity (Wildman–Crippen MR) is 120 cm³/mol. The number of carbonyl (C=O) groups is 3. The molecule has 32 heavy (non-hydrogen) atoms. The number of methoxy groups -OCH3 is 1. The summed E-state index contributed by atoms with van der Waals surface area (Å²) in [5.74, 6) is 0.252. The molecule has 0 saturated carbocycles. The molecule has 168 valence electrons. The van der Waals surface area contributed by atoms with Crippen LogP contribution in [0.3, 0.4) is 0 Å². The topological polar surface area (TPSA) is 87.7 Å². The third-order valence-electron chi connectivity index (χ3n) is 6.27. The highest BCUT2D eigenvalue weighted by molar-refractivity contribution is 6.10. The molecule has 4 rings (SSSR count). The van der Waals surface area contributed by atoms with Crippen molar-refractivity contribution in [3.05, 3.63) is 65.2 Å². The number of nitrogens with one attached hydrogen (secondary N) is 2. The van der Waals surface area contributed by atoms with Gasteiger partial charge in [-0.05, 0) is 54.0 Å². The van der Waals surface area contributed by atoms with E-state index in [0.29, 0.717) is 24.5 Å². The first-order valence-corrected chi connectivity index (χ1v) is 11.0. The fraction of sp³-hybridized carbons (Fsp3) is 0.400. The minimum Gasteiger partial charge on any atom is -0.497 e. The number of imide groups is 1. The molecule has 1 saturated heterocycles. The van der Waals surface area contributed by atoms with Crippen LogP contribution in [-0.4, -0.2) is 36.4 Å². The lowest BCUT2D eigenvalue weighted by atomic mass is 9.91. The third-order valence-corrected chi connectivity index (χ3v) is 6.27. The molecule has 0 radical (unpaired) electrons. The van der Waals surface area contributed by atoms with Crippen LogP contribution < -0.4 is 15.4 Å². The van der Waals surface area contributed by atoms with Gasteiger partial charge in [0.2, 0.25) is 5.91 Å². The van der Waals surface area contributed by atoms with Crippen LogP contribution >= 0.6 is 0 Å². The zero-order chi connectivity index (χ0) is 22.9. The maximum absolute atomic E-state index is 13.4. The first kappa shape index (κ1) is 21.9. The molecule has 2 aromatic rings. The maximum atomic E-state index is 13.4. The standard InChI is InChI=1S/C25H29N3O4/c1-16(2)13-21(18-7-5-4-6-8-18)26-22(29)15-28-23(30)25(27-24(28)31)12-11-17-9-10-19(32-3)14-20(17)25/h4-10,14,16,21H,11-13,15H2,1-3H3,(H,26,29)(H,27,31)/t21-,25+/m0/s1. The van der Waals surface area contributed by atoms with Crippen LogP contribution in [0.4, 0.5) is 4.79 Å². The zero-order valence-corrected chi connectivity index (χ0v) is 18.7. The average Bonchev–Trinajstić information content (AvgIpc) is 3.26. The predicted octanol–water partition coefficient (Wildman–Crippen LogP) is 3.29. The van der Waals surface area contributed by atoms with Crippen molar-refractivity contribution in [3.8, 4) is 5.75 Å². The zero-order valence-electron chi connectivity index (χ0n) is 18.7. The van der Waals surface area contributed by atoms with Crippen molar-refractivity contribution < 1.29 is 19.1 Å². The maximum Gasteiger partial charge on any atom is 0.325 e. The van der Waals surface area contributed by atoms with Gasteiger partial charge >= 0.3 is 6.03 Å². The van der Waals surface area contributed by atoms with Crippen LogP contribution in [0.2, 0.25) is 0 Å².